The topological polar surface area (TPSA) is 87.3 Å². The van der Waals surface area contributed by atoms with Gasteiger partial charge in [0, 0.05) is 13.1 Å². The number of likely N-dealkylation sites (N-methyl/N-ethyl adjacent to an activating group) is 1. The molecule has 0 aliphatic rings. The summed E-state index contributed by atoms with van der Waals surface area (Å²) in [6.07, 6.45) is 1.04. The number of nitrogens with two attached hydrogens (primary N) is 1. The lowest BCUT2D eigenvalue weighted by Gasteiger charge is -2.21. The van der Waals surface area contributed by atoms with E-state index in [0.717, 1.165) is 6.20 Å². The molecule has 0 unspecified atom stereocenters. The highest BCUT2D eigenvalue weighted by molar-refractivity contribution is 5.43. The van der Waals surface area contributed by atoms with Crippen LogP contribution in [0.25, 0.3) is 0 Å². The number of hydrazine groups is 1. The van der Waals surface area contributed by atoms with Crippen LogP contribution < -0.4 is 16.2 Å². The van der Waals surface area contributed by atoms with E-state index in [2.05, 4.69) is 15.4 Å². The maximum absolute atomic E-state index is 13.3. The van der Waals surface area contributed by atoms with Gasteiger partial charge in [0.2, 0.25) is 5.95 Å². The Morgan fingerprint density at radius 3 is 2.93 bits per heavy atom. The van der Waals surface area contributed by atoms with Crippen LogP contribution in [0.4, 0.5) is 16.2 Å². The summed E-state index contributed by atoms with van der Waals surface area (Å²) in [5, 5.41) is 8.80. The van der Waals surface area contributed by atoms with Gasteiger partial charge in [-0.05, 0) is 6.92 Å². The summed E-state index contributed by atoms with van der Waals surface area (Å²) in [5.74, 6) is 4.86. The molecule has 1 aromatic heterocycles. The molecule has 1 rings (SSSR count). The molecule has 0 aliphatic heterocycles. The number of aliphatic hydroxyl groups excluding tert-OH is 1. The Morgan fingerprint density at radius 1 is 1.67 bits per heavy atom. The van der Waals surface area contributed by atoms with Gasteiger partial charge in [0.15, 0.2) is 11.6 Å². The highest BCUT2D eigenvalue weighted by Gasteiger charge is 2.12. The number of nitrogen functional groups attached to an aromatic ring is 1. The first-order valence-corrected chi connectivity index (χ1v) is 4.57. The van der Waals surface area contributed by atoms with Gasteiger partial charge in [0.25, 0.3) is 0 Å². The van der Waals surface area contributed by atoms with Crippen molar-refractivity contribution in [2.24, 2.45) is 5.84 Å². The van der Waals surface area contributed by atoms with Crippen molar-refractivity contribution in [2.75, 3.05) is 30.0 Å². The molecule has 0 spiro atoms. The number of hydrogen-bond donors (Lipinski definition) is 3. The van der Waals surface area contributed by atoms with Crippen molar-refractivity contribution in [1.82, 2.24) is 9.97 Å². The molecule has 0 aliphatic carbocycles. The number of aliphatic hydroxyl groups is 1. The minimum Gasteiger partial charge on any atom is -0.395 e. The molecule has 4 N–H and O–H groups in total. The second-order valence-corrected chi connectivity index (χ2v) is 2.81. The fourth-order valence-corrected chi connectivity index (χ4v) is 1.18. The van der Waals surface area contributed by atoms with Crippen LogP contribution in [0, 0.1) is 5.82 Å². The molecule has 6 nitrogen and oxygen atoms in total. The summed E-state index contributed by atoms with van der Waals surface area (Å²) in [6, 6.07) is 0. The molecular formula is C8H14FN5O. The summed E-state index contributed by atoms with van der Waals surface area (Å²) in [6.45, 7) is 2.63. The van der Waals surface area contributed by atoms with Crippen molar-refractivity contribution in [3.05, 3.63) is 12.0 Å². The van der Waals surface area contributed by atoms with Gasteiger partial charge in [-0.1, -0.05) is 0 Å². The number of hydrogen-bond acceptors (Lipinski definition) is 6. The molecule has 0 aromatic carbocycles. The standard InChI is InChI=1S/C8H14FN5O/c1-2-14(3-4-15)7-6(9)5-11-8(12-7)13-10/h5,15H,2-4,10H2,1H3,(H,11,12,13). The zero-order valence-electron chi connectivity index (χ0n) is 8.44. The Kier molecular flexibility index (Phi) is 4.19. The van der Waals surface area contributed by atoms with Gasteiger partial charge < -0.3 is 10.0 Å². The maximum Gasteiger partial charge on any atom is 0.239 e. The Hall–Kier alpha value is -1.47. The smallest absolute Gasteiger partial charge is 0.239 e. The van der Waals surface area contributed by atoms with E-state index in [1.165, 1.54) is 0 Å². The summed E-state index contributed by atoms with van der Waals surface area (Å²) in [5.41, 5.74) is 2.24. The molecule has 0 saturated heterocycles. The first kappa shape index (κ1) is 11.6. The predicted octanol–water partition coefficient (Wildman–Crippen LogP) is -0.280. The molecule has 7 heteroatoms. The quantitative estimate of drug-likeness (QED) is 0.462. The number of halogens is 1. The van der Waals surface area contributed by atoms with E-state index in [1.54, 1.807) is 4.90 Å². The Balaban J connectivity index is 2.98. The number of anilines is 2. The van der Waals surface area contributed by atoms with E-state index in [9.17, 15) is 4.39 Å². The van der Waals surface area contributed by atoms with Gasteiger partial charge in [-0.2, -0.15) is 4.98 Å². The van der Waals surface area contributed by atoms with Crippen LogP contribution >= 0.6 is 0 Å². The van der Waals surface area contributed by atoms with Crippen molar-refractivity contribution in [3.63, 3.8) is 0 Å². The van der Waals surface area contributed by atoms with Gasteiger partial charge in [0.05, 0.1) is 12.8 Å². The summed E-state index contributed by atoms with van der Waals surface area (Å²) < 4.78 is 13.3. The van der Waals surface area contributed by atoms with Crippen LogP contribution in [0.3, 0.4) is 0 Å². The molecular weight excluding hydrogens is 201 g/mol. The van der Waals surface area contributed by atoms with E-state index in [0.29, 0.717) is 13.1 Å². The second kappa shape index (κ2) is 5.42. The highest BCUT2D eigenvalue weighted by Crippen LogP contribution is 2.16. The lowest BCUT2D eigenvalue weighted by Crippen LogP contribution is -2.28. The zero-order chi connectivity index (χ0) is 11.3. The average Bonchev–Trinajstić information content (AvgIpc) is 2.27. The molecule has 0 bridgehead atoms. The van der Waals surface area contributed by atoms with Crippen LogP contribution in [0.15, 0.2) is 6.20 Å². The predicted molar refractivity (Wildman–Crippen MR) is 54.8 cm³/mol. The summed E-state index contributed by atoms with van der Waals surface area (Å²) in [4.78, 5) is 9.09. The van der Waals surface area contributed by atoms with Crippen molar-refractivity contribution in [2.45, 2.75) is 6.92 Å². The van der Waals surface area contributed by atoms with Crippen molar-refractivity contribution in [1.29, 1.82) is 0 Å². The van der Waals surface area contributed by atoms with Crippen molar-refractivity contribution in [3.8, 4) is 0 Å². The second-order valence-electron chi connectivity index (χ2n) is 2.81. The van der Waals surface area contributed by atoms with Crippen molar-refractivity contribution < 1.29 is 9.50 Å². The molecule has 84 valence electrons. The van der Waals surface area contributed by atoms with E-state index < -0.39 is 5.82 Å². The highest BCUT2D eigenvalue weighted by atomic mass is 19.1. The lowest BCUT2D eigenvalue weighted by molar-refractivity contribution is 0.301. The fraction of sp³-hybridized carbons (Fsp3) is 0.500. The number of nitrogens with one attached hydrogen (secondary N) is 1. The van der Waals surface area contributed by atoms with Crippen LogP contribution in [0.5, 0.6) is 0 Å². The number of aromatic nitrogens is 2. The molecule has 0 radical (unpaired) electrons. The Morgan fingerprint density at radius 2 is 2.40 bits per heavy atom. The van der Waals surface area contributed by atoms with Gasteiger partial charge >= 0.3 is 0 Å². The average molecular weight is 215 g/mol. The molecule has 15 heavy (non-hydrogen) atoms. The van der Waals surface area contributed by atoms with Crippen LogP contribution in [-0.4, -0.2) is 34.8 Å². The van der Waals surface area contributed by atoms with E-state index in [-0.39, 0.29) is 18.4 Å². The number of nitrogens with zero attached hydrogens (tertiary/aromatic N) is 3. The third-order valence-electron chi connectivity index (χ3n) is 1.91. The number of rotatable bonds is 5. The van der Waals surface area contributed by atoms with Crippen LogP contribution in [0.2, 0.25) is 0 Å². The summed E-state index contributed by atoms with van der Waals surface area (Å²) >= 11 is 0. The van der Waals surface area contributed by atoms with Gasteiger partial charge in [-0.3, -0.25) is 5.43 Å². The minimum atomic E-state index is -0.538. The maximum atomic E-state index is 13.3. The normalized spacial score (nSPS) is 10.1. The lowest BCUT2D eigenvalue weighted by atomic mass is 10.4. The Bertz CT molecular complexity index is 322. The monoisotopic (exact) mass is 215 g/mol. The zero-order valence-corrected chi connectivity index (χ0v) is 8.44. The summed E-state index contributed by atoms with van der Waals surface area (Å²) in [7, 11) is 0. The van der Waals surface area contributed by atoms with Crippen molar-refractivity contribution >= 4 is 11.8 Å². The van der Waals surface area contributed by atoms with Crippen LogP contribution in [0.1, 0.15) is 6.92 Å². The third-order valence-corrected chi connectivity index (χ3v) is 1.91. The Labute approximate surface area is 86.9 Å². The molecule has 1 aromatic rings. The molecule has 1 heterocycles. The van der Waals surface area contributed by atoms with Gasteiger partial charge in [-0.25, -0.2) is 15.2 Å². The van der Waals surface area contributed by atoms with E-state index in [4.69, 9.17) is 10.9 Å². The first-order chi connectivity index (χ1) is 7.22. The fourth-order valence-electron chi connectivity index (χ4n) is 1.18. The SMILES string of the molecule is CCN(CCO)c1nc(NN)ncc1F. The molecule has 0 atom stereocenters. The van der Waals surface area contributed by atoms with Gasteiger partial charge in [0.1, 0.15) is 0 Å². The minimum absolute atomic E-state index is 0.0668. The van der Waals surface area contributed by atoms with E-state index >= 15 is 0 Å². The molecule has 0 amide bonds. The third kappa shape index (κ3) is 2.74. The molecule has 0 fully saturated rings. The van der Waals surface area contributed by atoms with Crippen LogP contribution in [-0.2, 0) is 0 Å². The molecule has 0 saturated carbocycles. The van der Waals surface area contributed by atoms with Gasteiger partial charge in [-0.15, -0.1) is 0 Å². The van der Waals surface area contributed by atoms with E-state index in [1.807, 2.05) is 6.92 Å². The largest absolute Gasteiger partial charge is 0.395 e. The first-order valence-electron chi connectivity index (χ1n) is 4.57.